The molecule has 1 aliphatic rings. The quantitative estimate of drug-likeness (QED) is 0.829. The number of sulfonamides is 1. The molecule has 0 aromatic heterocycles. The van der Waals surface area contributed by atoms with Crippen molar-refractivity contribution in [3.8, 4) is 0 Å². The first-order valence-electron chi connectivity index (χ1n) is 7.96. The summed E-state index contributed by atoms with van der Waals surface area (Å²) < 4.78 is 26.9. The molecule has 0 radical (unpaired) electrons. The monoisotopic (exact) mass is 309 g/mol. The molecule has 0 aliphatic carbocycles. The van der Waals surface area contributed by atoms with E-state index in [4.69, 9.17) is 0 Å². The van der Waals surface area contributed by atoms with Crippen molar-refractivity contribution in [2.45, 2.75) is 51.3 Å². The lowest BCUT2D eigenvalue weighted by Gasteiger charge is -2.31. The molecule has 1 aliphatic heterocycles. The zero-order valence-corrected chi connectivity index (χ0v) is 14.2. The van der Waals surface area contributed by atoms with Crippen LogP contribution in [0.25, 0.3) is 0 Å². The second kappa shape index (κ2) is 6.93. The molecular formula is C17H27NO2S. The van der Waals surface area contributed by atoms with Gasteiger partial charge in [0.05, 0.1) is 4.90 Å². The molecule has 0 saturated carbocycles. The third-order valence-corrected chi connectivity index (χ3v) is 6.30. The lowest BCUT2D eigenvalue weighted by molar-refractivity contribution is 0.253. The van der Waals surface area contributed by atoms with Crippen LogP contribution in [0.3, 0.4) is 0 Å². The molecule has 3 nitrogen and oxygen atoms in total. The topological polar surface area (TPSA) is 37.4 Å². The zero-order chi connectivity index (χ0) is 15.5. The van der Waals surface area contributed by atoms with Crippen LogP contribution in [0.1, 0.15) is 45.1 Å². The maximum atomic E-state index is 12.6. The summed E-state index contributed by atoms with van der Waals surface area (Å²) in [6.45, 7) is 7.79. The van der Waals surface area contributed by atoms with Gasteiger partial charge in [0.25, 0.3) is 0 Å². The fourth-order valence-corrected chi connectivity index (χ4v) is 4.34. The van der Waals surface area contributed by atoms with Gasteiger partial charge in [-0.1, -0.05) is 44.4 Å². The molecule has 0 bridgehead atoms. The summed E-state index contributed by atoms with van der Waals surface area (Å²) in [5.74, 6) is 1.43. The number of rotatable bonds is 5. The predicted molar refractivity (Wildman–Crippen MR) is 86.7 cm³/mol. The summed E-state index contributed by atoms with van der Waals surface area (Å²) in [6.07, 6.45) is 4.47. The highest BCUT2D eigenvalue weighted by Crippen LogP contribution is 2.27. The minimum absolute atomic E-state index is 0.425. The van der Waals surface area contributed by atoms with E-state index in [-0.39, 0.29) is 0 Å². The van der Waals surface area contributed by atoms with Crippen LogP contribution in [-0.4, -0.2) is 25.8 Å². The van der Waals surface area contributed by atoms with Gasteiger partial charge in [0.2, 0.25) is 10.0 Å². The van der Waals surface area contributed by atoms with Gasteiger partial charge in [-0.05, 0) is 43.7 Å². The number of hydrogen-bond donors (Lipinski definition) is 0. The third kappa shape index (κ3) is 4.30. The Morgan fingerprint density at radius 2 is 1.71 bits per heavy atom. The van der Waals surface area contributed by atoms with Crippen molar-refractivity contribution < 1.29 is 8.42 Å². The first-order valence-corrected chi connectivity index (χ1v) is 9.40. The molecule has 1 aromatic rings. The zero-order valence-electron chi connectivity index (χ0n) is 13.4. The van der Waals surface area contributed by atoms with Crippen LogP contribution in [0.5, 0.6) is 0 Å². The van der Waals surface area contributed by atoms with Gasteiger partial charge in [-0.15, -0.1) is 0 Å². The van der Waals surface area contributed by atoms with Gasteiger partial charge in [-0.25, -0.2) is 8.42 Å². The van der Waals surface area contributed by atoms with E-state index in [9.17, 15) is 8.42 Å². The van der Waals surface area contributed by atoms with E-state index in [1.807, 2.05) is 19.1 Å². The number of piperidine rings is 1. The summed E-state index contributed by atoms with van der Waals surface area (Å²) in [5, 5.41) is 0. The van der Waals surface area contributed by atoms with E-state index in [0.29, 0.717) is 23.9 Å². The van der Waals surface area contributed by atoms with E-state index in [0.717, 1.165) is 24.3 Å². The Labute approximate surface area is 129 Å². The lowest BCUT2D eigenvalue weighted by Crippen LogP contribution is -2.38. The number of hydrogen-bond acceptors (Lipinski definition) is 2. The van der Waals surface area contributed by atoms with Gasteiger partial charge in [-0.3, -0.25) is 0 Å². The first kappa shape index (κ1) is 16.5. The number of nitrogens with zero attached hydrogens (tertiary/aromatic N) is 1. The molecule has 1 saturated heterocycles. The molecule has 0 unspecified atom stereocenters. The van der Waals surface area contributed by atoms with Crippen LogP contribution in [0.2, 0.25) is 0 Å². The Hall–Kier alpha value is -0.870. The largest absolute Gasteiger partial charge is 0.243 e. The second-order valence-electron chi connectivity index (χ2n) is 6.63. The molecule has 2 rings (SSSR count). The maximum Gasteiger partial charge on any atom is 0.243 e. The fourth-order valence-electron chi connectivity index (χ4n) is 2.87. The first-order chi connectivity index (χ1) is 9.89. The van der Waals surface area contributed by atoms with Gasteiger partial charge in [-0.2, -0.15) is 4.31 Å². The smallest absolute Gasteiger partial charge is 0.207 e. The molecule has 21 heavy (non-hydrogen) atoms. The molecule has 118 valence electrons. The summed E-state index contributed by atoms with van der Waals surface area (Å²) in [6, 6.07) is 7.16. The maximum absolute atomic E-state index is 12.6. The second-order valence-corrected chi connectivity index (χ2v) is 8.57. The molecule has 0 atom stereocenters. The highest BCUT2D eigenvalue weighted by molar-refractivity contribution is 7.89. The Morgan fingerprint density at radius 1 is 1.14 bits per heavy atom. The summed E-state index contributed by atoms with van der Waals surface area (Å²) in [5.41, 5.74) is 1.08. The van der Waals surface area contributed by atoms with Crippen LogP contribution >= 0.6 is 0 Å². The van der Waals surface area contributed by atoms with E-state index in [2.05, 4.69) is 13.8 Å². The van der Waals surface area contributed by atoms with Crippen molar-refractivity contribution in [2.75, 3.05) is 13.1 Å². The van der Waals surface area contributed by atoms with Crippen LogP contribution in [0.15, 0.2) is 29.2 Å². The van der Waals surface area contributed by atoms with Gasteiger partial charge >= 0.3 is 0 Å². The van der Waals surface area contributed by atoms with Crippen molar-refractivity contribution >= 4 is 10.0 Å². The van der Waals surface area contributed by atoms with E-state index in [1.54, 1.807) is 16.4 Å². The van der Waals surface area contributed by atoms with E-state index >= 15 is 0 Å². The Balaban J connectivity index is 1.96. The number of aryl methyl sites for hydroxylation is 1. The van der Waals surface area contributed by atoms with Gasteiger partial charge < -0.3 is 0 Å². The summed E-state index contributed by atoms with van der Waals surface area (Å²) in [4.78, 5) is 0.425. The molecule has 1 aromatic carbocycles. The Bertz CT molecular complexity index is 541. The Morgan fingerprint density at radius 3 is 2.24 bits per heavy atom. The fraction of sp³-hybridized carbons (Fsp3) is 0.647. The highest BCUT2D eigenvalue weighted by Gasteiger charge is 2.29. The normalized spacial score (nSPS) is 18.3. The molecule has 0 spiro atoms. The van der Waals surface area contributed by atoms with Crippen LogP contribution < -0.4 is 0 Å². The van der Waals surface area contributed by atoms with Crippen molar-refractivity contribution in [1.82, 2.24) is 4.31 Å². The van der Waals surface area contributed by atoms with Crippen molar-refractivity contribution in [3.05, 3.63) is 29.8 Å². The van der Waals surface area contributed by atoms with Crippen molar-refractivity contribution in [2.24, 2.45) is 11.8 Å². The minimum atomic E-state index is -3.30. The van der Waals surface area contributed by atoms with E-state index < -0.39 is 10.0 Å². The van der Waals surface area contributed by atoms with Crippen molar-refractivity contribution in [1.29, 1.82) is 0 Å². The molecule has 0 N–H and O–H groups in total. The van der Waals surface area contributed by atoms with Gasteiger partial charge in [0.1, 0.15) is 0 Å². The number of benzene rings is 1. The average Bonchev–Trinajstić information content (AvgIpc) is 2.46. The van der Waals surface area contributed by atoms with Crippen LogP contribution in [-0.2, 0) is 10.0 Å². The average molecular weight is 309 g/mol. The third-order valence-electron chi connectivity index (χ3n) is 4.38. The SMILES string of the molecule is Cc1ccc(S(=O)(=O)N2CCC(CCC(C)C)CC2)cc1. The van der Waals surface area contributed by atoms with Gasteiger partial charge in [0, 0.05) is 13.1 Å². The van der Waals surface area contributed by atoms with Gasteiger partial charge in [0.15, 0.2) is 0 Å². The minimum Gasteiger partial charge on any atom is -0.207 e. The predicted octanol–water partition coefficient (Wildman–Crippen LogP) is 3.83. The molecule has 0 amide bonds. The summed E-state index contributed by atoms with van der Waals surface area (Å²) >= 11 is 0. The summed E-state index contributed by atoms with van der Waals surface area (Å²) in [7, 11) is -3.30. The molecule has 1 fully saturated rings. The molecule has 1 heterocycles. The lowest BCUT2D eigenvalue weighted by atomic mass is 9.90. The molecular weight excluding hydrogens is 282 g/mol. The molecule has 4 heteroatoms. The van der Waals surface area contributed by atoms with E-state index in [1.165, 1.54) is 12.8 Å². The highest BCUT2D eigenvalue weighted by atomic mass is 32.2. The van der Waals surface area contributed by atoms with Crippen LogP contribution in [0.4, 0.5) is 0 Å². The standard InChI is InChI=1S/C17H27NO2S/c1-14(2)4-7-16-10-12-18(13-11-16)21(19,20)17-8-5-15(3)6-9-17/h5-6,8-9,14,16H,4,7,10-13H2,1-3H3. The van der Waals surface area contributed by atoms with Crippen molar-refractivity contribution in [3.63, 3.8) is 0 Å². The van der Waals surface area contributed by atoms with Crippen LogP contribution in [0, 0.1) is 18.8 Å². The Kier molecular flexibility index (Phi) is 5.44.